The molecule has 0 aromatic heterocycles. The van der Waals surface area contributed by atoms with Gasteiger partial charge in [0, 0.05) is 31.8 Å². The van der Waals surface area contributed by atoms with Crippen molar-refractivity contribution < 1.29 is 14.6 Å². The molecule has 1 saturated carbocycles. The molecule has 0 bridgehead atoms. The van der Waals surface area contributed by atoms with E-state index in [9.17, 15) is 4.79 Å². The minimum absolute atomic E-state index is 0.144. The first-order valence-corrected chi connectivity index (χ1v) is 7.33. The molecule has 5 nitrogen and oxygen atoms in total. The van der Waals surface area contributed by atoms with Gasteiger partial charge in [0.1, 0.15) is 0 Å². The first-order chi connectivity index (χ1) is 9.13. The molecule has 5 heteroatoms. The van der Waals surface area contributed by atoms with Crippen LogP contribution in [0.3, 0.4) is 0 Å². The maximum Gasteiger partial charge on any atom is 0.407 e. The number of piperidine rings is 1. The fourth-order valence-electron chi connectivity index (χ4n) is 3.42. The maximum atomic E-state index is 11.4. The summed E-state index contributed by atoms with van der Waals surface area (Å²) < 4.78 is 4.69. The Hall–Kier alpha value is -0.810. The summed E-state index contributed by atoms with van der Waals surface area (Å²) in [6.45, 7) is 4.48. The zero-order valence-electron chi connectivity index (χ0n) is 12.0. The summed E-state index contributed by atoms with van der Waals surface area (Å²) in [6, 6.07) is 0.800. The molecule has 1 aliphatic heterocycles. The van der Waals surface area contributed by atoms with Gasteiger partial charge in [-0.1, -0.05) is 6.92 Å². The predicted molar refractivity (Wildman–Crippen MR) is 72.9 cm³/mol. The molecule has 0 aromatic carbocycles. The largest absolute Gasteiger partial charge is 0.453 e. The van der Waals surface area contributed by atoms with Crippen LogP contribution in [-0.2, 0) is 4.74 Å². The fourth-order valence-corrected chi connectivity index (χ4v) is 3.42. The van der Waals surface area contributed by atoms with E-state index in [0.29, 0.717) is 12.0 Å². The van der Waals surface area contributed by atoms with Crippen LogP contribution >= 0.6 is 0 Å². The standard InChI is InChI=1S/C14H26N2O3/c1-10-3-4-13(10)16-8-11(5-6-17)7-12(9-16)15-14(18)19-2/h10-13,17H,3-9H2,1-2H3,(H,15,18). The third-order valence-electron chi connectivity index (χ3n) is 4.65. The molecule has 2 fully saturated rings. The van der Waals surface area contributed by atoms with E-state index in [4.69, 9.17) is 5.11 Å². The van der Waals surface area contributed by atoms with Gasteiger partial charge in [-0.25, -0.2) is 4.79 Å². The highest BCUT2D eigenvalue weighted by atomic mass is 16.5. The molecule has 2 rings (SSSR count). The van der Waals surface area contributed by atoms with Crippen molar-refractivity contribution >= 4 is 6.09 Å². The summed E-state index contributed by atoms with van der Waals surface area (Å²) in [7, 11) is 1.40. The van der Waals surface area contributed by atoms with Crippen LogP contribution in [0, 0.1) is 11.8 Å². The topological polar surface area (TPSA) is 61.8 Å². The van der Waals surface area contributed by atoms with Crippen LogP contribution in [0.2, 0.25) is 0 Å². The second kappa shape index (κ2) is 6.57. The Morgan fingerprint density at radius 1 is 1.42 bits per heavy atom. The van der Waals surface area contributed by atoms with Gasteiger partial charge >= 0.3 is 6.09 Å². The van der Waals surface area contributed by atoms with Gasteiger partial charge in [-0.05, 0) is 37.5 Å². The van der Waals surface area contributed by atoms with Crippen LogP contribution < -0.4 is 5.32 Å². The maximum absolute atomic E-state index is 11.4. The van der Waals surface area contributed by atoms with Gasteiger partial charge in [0.2, 0.25) is 0 Å². The summed E-state index contributed by atoms with van der Waals surface area (Å²) in [5.41, 5.74) is 0. The van der Waals surface area contributed by atoms with Gasteiger partial charge in [0.05, 0.1) is 7.11 Å². The van der Waals surface area contributed by atoms with Gasteiger partial charge in [-0.15, -0.1) is 0 Å². The molecule has 2 aliphatic rings. The number of nitrogens with one attached hydrogen (secondary N) is 1. The van der Waals surface area contributed by atoms with Gasteiger partial charge in [-0.3, -0.25) is 4.90 Å². The fraction of sp³-hybridized carbons (Fsp3) is 0.929. The van der Waals surface area contributed by atoms with Crippen molar-refractivity contribution in [2.24, 2.45) is 11.8 Å². The number of carbonyl (C=O) groups is 1. The van der Waals surface area contributed by atoms with Crippen molar-refractivity contribution in [1.29, 1.82) is 0 Å². The van der Waals surface area contributed by atoms with Gasteiger partial charge < -0.3 is 15.2 Å². The lowest BCUT2D eigenvalue weighted by Gasteiger charge is -2.48. The summed E-state index contributed by atoms with van der Waals surface area (Å²) in [5, 5.41) is 12.1. The number of rotatable bonds is 4. The van der Waals surface area contributed by atoms with Crippen molar-refractivity contribution in [1.82, 2.24) is 10.2 Å². The van der Waals surface area contributed by atoms with Crippen LogP contribution in [0.4, 0.5) is 4.79 Å². The van der Waals surface area contributed by atoms with E-state index in [1.165, 1.54) is 20.0 Å². The number of methoxy groups -OCH3 is 1. The van der Waals surface area contributed by atoms with E-state index in [2.05, 4.69) is 21.9 Å². The average molecular weight is 270 g/mol. The molecular weight excluding hydrogens is 244 g/mol. The SMILES string of the molecule is COC(=O)NC1CC(CCO)CN(C2CCC2C)C1. The molecule has 1 amide bonds. The second-order valence-corrected chi connectivity index (χ2v) is 6.02. The Morgan fingerprint density at radius 3 is 2.74 bits per heavy atom. The first-order valence-electron chi connectivity index (χ1n) is 7.33. The molecule has 110 valence electrons. The molecule has 19 heavy (non-hydrogen) atoms. The zero-order chi connectivity index (χ0) is 13.8. The Balaban J connectivity index is 1.93. The van der Waals surface area contributed by atoms with Crippen LogP contribution in [0.5, 0.6) is 0 Å². The molecule has 1 aliphatic carbocycles. The highest BCUT2D eigenvalue weighted by molar-refractivity contribution is 5.67. The predicted octanol–water partition coefficient (Wildman–Crippen LogP) is 1.21. The molecule has 0 aromatic rings. The van der Waals surface area contributed by atoms with E-state index in [0.717, 1.165) is 31.8 Å². The first kappa shape index (κ1) is 14.6. The zero-order valence-corrected chi connectivity index (χ0v) is 12.0. The number of carbonyl (C=O) groups excluding carboxylic acids is 1. The lowest BCUT2D eigenvalue weighted by molar-refractivity contribution is 0.0179. The number of hydrogen-bond acceptors (Lipinski definition) is 4. The van der Waals surface area contributed by atoms with Crippen LogP contribution in [0.25, 0.3) is 0 Å². The number of alkyl carbamates (subject to hydrolysis) is 1. The highest BCUT2D eigenvalue weighted by Gasteiger charge is 2.37. The number of ether oxygens (including phenoxy) is 1. The highest BCUT2D eigenvalue weighted by Crippen LogP contribution is 2.34. The van der Waals surface area contributed by atoms with E-state index in [-0.39, 0.29) is 18.7 Å². The van der Waals surface area contributed by atoms with Crippen molar-refractivity contribution in [2.75, 3.05) is 26.8 Å². The van der Waals surface area contributed by atoms with Crippen molar-refractivity contribution in [3.63, 3.8) is 0 Å². The molecular formula is C14H26N2O3. The molecule has 0 radical (unpaired) electrons. The van der Waals surface area contributed by atoms with Gasteiger partial charge in [0.15, 0.2) is 0 Å². The number of aliphatic hydroxyl groups excluding tert-OH is 1. The number of likely N-dealkylation sites (tertiary alicyclic amines) is 1. The number of nitrogens with zero attached hydrogens (tertiary/aromatic N) is 1. The minimum Gasteiger partial charge on any atom is -0.453 e. The van der Waals surface area contributed by atoms with Crippen molar-refractivity contribution in [3.05, 3.63) is 0 Å². The molecule has 0 spiro atoms. The smallest absolute Gasteiger partial charge is 0.407 e. The van der Waals surface area contributed by atoms with E-state index in [1.807, 2.05) is 0 Å². The van der Waals surface area contributed by atoms with Gasteiger partial charge in [-0.2, -0.15) is 0 Å². The number of aliphatic hydroxyl groups is 1. The Labute approximate surface area is 115 Å². The molecule has 1 saturated heterocycles. The molecule has 4 unspecified atom stereocenters. The monoisotopic (exact) mass is 270 g/mol. The summed E-state index contributed by atoms with van der Waals surface area (Å²) >= 11 is 0. The average Bonchev–Trinajstić information content (AvgIpc) is 2.37. The van der Waals surface area contributed by atoms with E-state index in [1.54, 1.807) is 0 Å². The number of hydrogen-bond donors (Lipinski definition) is 2. The normalized spacial score (nSPS) is 35.5. The van der Waals surface area contributed by atoms with E-state index < -0.39 is 0 Å². The molecule has 1 heterocycles. The lowest BCUT2D eigenvalue weighted by atomic mass is 9.78. The quantitative estimate of drug-likeness (QED) is 0.806. The second-order valence-electron chi connectivity index (χ2n) is 6.02. The van der Waals surface area contributed by atoms with Crippen LogP contribution in [0.15, 0.2) is 0 Å². The van der Waals surface area contributed by atoms with Crippen molar-refractivity contribution in [2.45, 2.75) is 44.7 Å². The third kappa shape index (κ3) is 3.60. The summed E-state index contributed by atoms with van der Waals surface area (Å²) in [4.78, 5) is 13.9. The molecule has 2 N–H and O–H groups in total. The number of amides is 1. The molecule has 4 atom stereocenters. The van der Waals surface area contributed by atoms with Gasteiger partial charge in [0.25, 0.3) is 0 Å². The summed E-state index contributed by atoms with van der Waals surface area (Å²) in [6.07, 6.45) is 3.97. The third-order valence-corrected chi connectivity index (χ3v) is 4.65. The van der Waals surface area contributed by atoms with E-state index >= 15 is 0 Å². The Bertz CT molecular complexity index is 311. The summed E-state index contributed by atoms with van der Waals surface area (Å²) in [5.74, 6) is 1.22. The van der Waals surface area contributed by atoms with Crippen molar-refractivity contribution in [3.8, 4) is 0 Å². The lowest BCUT2D eigenvalue weighted by Crippen LogP contribution is -2.57. The Kier molecular flexibility index (Phi) is 5.05. The van der Waals surface area contributed by atoms with Crippen LogP contribution in [0.1, 0.15) is 32.6 Å². The Morgan fingerprint density at radius 2 is 2.21 bits per heavy atom. The van der Waals surface area contributed by atoms with Crippen LogP contribution in [-0.4, -0.2) is 55.0 Å². The minimum atomic E-state index is -0.351.